The van der Waals surface area contributed by atoms with Crippen LogP contribution in [-0.4, -0.2) is 46.2 Å². The normalized spacial score (nSPS) is 16.5. The Balaban J connectivity index is 1.69. The molecular formula is C21H27N7O2. The Morgan fingerprint density at radius 2 is 2.00 bits per heavy atom. The van der Waals surface area contributed by atoms with Crippen molar-refractivity contribution >= 4 is 17.5 Å². The second-order valence-electron chi connectivity index (χ2n) is 7.66. The van der Waals surface area contributed by atoms with E-state index in [2.05, 4.69) is 15.3 Å². The van der Waals surface area contributed by atoms with E-state index in [1.54, 1.807) is 0 Å². The maximum absolute atomic E-state index is 13.0. The molecule has 6 N–H and O–H groups in total. The molecule has 3 rings (SSSR count). The van der Waals surface area contributed by atoms with E-state index >= 15 is 0 Å². The molecule has 1 aliphatic heterocycles. The Kier molecular flexibility index (Phi) is 6.50. The summed E-state index contributed by atoms with van der Waals surface area (Å²) in [5, 5.41) is 21.8. The van der Waals surface area contributed by atoms with Crippen LogP contribution in [0.4, 0.5) is 11.6 Å². The van der Waals surface area contributed by atoms with Crippen LogP contribution in [0.15, 0.2) is 30.6 Å². The smallest absolute Gasteiger partial charge is 0.240 e. The highest BCUT2D eigenvalue weighted by Crippen LogP contribution is 2.28. The second-order valence-corrected chi connectivity index (χ2v) is 7.66. The maximum Gasteiger partial charge on any atom is 0.240 e. The molecule has 1 unspecified atom stereocenters. The van der Waals surface area contributed by atoms with E-state index in [9.17, 15) is 15.2 Å². The molecule has 1 aliphatic rings. The summed E-state index contributed by atoms with van der Waals surface area (Å²) in [5.74, 6) is 0.351. The molecule has 1 atom stereocenters. The van der Waals surface area contributed by atoms with Crippen molar-refractivity contribution in [1.29, 1.82) is 5.26 Å². The quantitative estimate of drug-likeness (QED) is 0.545. The number of nitriles is 1. The van der Waals surface area contributed by atoms with Gasteiger partial charge in [0.2, 0.25) is 5.91 Å². The number of nitrogens with one attached hydrogen (secondary N) is 1. The molecule has 0 spiro atoms. The largest absolute Gasteiger partial charge is 0.396 e. The van der Waals surface area contributed by atoms with Gasteiger partial charge in [-0.1, -0.05) is 29.8 Å². The van der Waals surface area contributed by atoms with Crippen molar-refractivity contribution in [3.05, 3.63) is 47.3 Å². The molecule has 0 radical (unpaired) electrons. The van der Waals surface area contributed by atoms with Gasteiger partial charge >= 0.3 is 0 Å². The molecular weight excluding hydrogens is 382 g/mol. The molecule has 2 aromatic rings. The molecule has 9 nitrogen and oxygen atoms in total. The van der Waals surface area contributed by atoms with Gasteiger partial charge in [-0.3, -0.25) is 4.79 Å². The lowest BCUT2D eigenvalue weighted by molar-refractivity contribution is -0.128. The van der Waals surface area contributed by atoms with Crippen LogP contribution in [0, 0.1) is 18.3 Å². The van der Waals surface area contributed by atoms with Crippen molar-refractivity contribution < 1.29 is 9.90 Å². The van der Waals surface area contributed by atoms with Gasteiger partial charge in [0.25, 0.3) is 0 Å². The average Bonchev–Trinajstić information content (AvgIpc) is 2.74. The lowest BCUT2D eigenvalue weighted by Gasteiger charge is -2.39. The first kappa shape index (κ1) is 21.5. The van der Waals surface area contributed by atoms with Gasteiger partial charge in [0.05, 0.1) is 11.6 Å². The third-order valence-electron chi connectivity index (χ3n) is 5.58. The predicted octanol–water partition coefficient (Wildman–Crippen LogP) is 0.777. The number of hydrogen-bond donors (Lipinski definition) is 4. The highest BCUT2D eigenvalue weighted by Gasteiger charge is 2.39. The minimum atomic E-state index is -1.04. The van der Waals surface area contributed by atoms with Gasteiger partial charge in [0, 0.05) is 19.7 Å². The van der Waals surface area contributed by atoms with E-state index in [1.165, 1.54) is 6.33 Å². The van der Waals surface area contributed by atoms with E-state index < -0.39 is 5.54 Å². The van der Waals surface area contributed by atoms with Crippen molar-refractivity contribution in [3.63, 3.8) is 0 Å². The van der Waals surface area contributed by atoms with Crippen LogP contribution in [0.5, 0.6) is 0 Å². The zero-order valence-corrected chi connectivity index (χ0v) is 17.0. The molecule has 9 heteroatoms. The number of aliphatic hydroxyl groups is 1. The fraction of sp³-hybridized carbons (Fsp3) is 0.429. The van der Waals surface area contributed by atoms with Crippen LogP contribution in [0.3, 0.4) is 0 Å². The van der Waals surface area contributed by atoms with Gasteiger partial charge in [0.15, 0.2) is 5.82 Å². The molecule has 30 heavy (non-hydrogen) atoms. The van der Waals surface area contributed by atoms with Crippen molar-refractivity contribution in [2.24, 2.45) is 5.73 Å². The highest BCUT2D eigenvalue weighted by molar-refractivity contribution is 5.87. The predicted molar refractivity (Wildman–Crippen MR) is 113 cm³/mol. The summed E-state index contributed by atoms with van der Waals surface area (Å²) in [4.78, 5) is 23.0. The van der Waals surface area contributed by atoms with E-state index in [1.807, 2.05) is 42.2 Å². The van der Waals surface area contributed by atoms with Gasteiger partial charge in [-0.15, -0.1) is 0 Å². The van der Waals surface area contributed by atoms with Gasteiger partial charge in [0.1, 0.15) is 23.8 Å². The molecule has 1 aromatic heterocycles. The maximum atomic E-state index is 13.0. The number of rotatable bonds is 6. The molecule has 0 saturated carbocycles. The summed E-state index contributed by atoms with van der Waals surface area (Å²) < 4.78 is 0. The third-order valence-corrected chi connectivity index (χ3v) is 5.58. The Morgan fingerprint density at radius 1 is 1.33 bits per heavy atom. The highest BCUT2D eigenvalue weighted by atomic mass is 16.3. The Bertz CT molecular complexity index is 931. The summed E-state index contributed by atoms with van der Waals surface area (Å²) in [6.07, 6.45) is 2.52. The number of piperidine rings is 1. The number of carbonyl (C=O) groups is 1. The van der Waals surface area contributed by atoms with Crippen molar-refractivity contribution in [3.8, 4) is 6.07 Å². The van der Waals surface area contributed by atoms with Crippen LogP contribution in [0.25, 0.3) is 0 Å². The number of nitrogen functional groups attached to an aromatic ring is 1. The van der Waals surface area contributed by atoms with Crippen LogP contribution >= 0.6 is 0 Å². The molecule has 2 heterocycles. The number of hydrogen-bond acceptors (Lipinski definition) is 8. The van der Waals surface area contributed by atoms with Crippen LogP contribution in [0.2, 0.25) is 0 Å². The van der Waals surface area contributed by atoms with Crippen molar-refractivity contribution in [2.45, 2.75) is 37.8 Å². The fourth-order valence-corrected chi connectivity index (χ4v) is 3.63. The zero-order valence-electron chi connectivity index (χ0n) is 17.0. The molecule has 0 bridgehead atoms. The monoisotopic (exact) mass is 409 g/mol. The number of aromatic nitrogens is 2. The second kappa shape index (κ2) is 9.07. The van der Waals surface area contributed by atoms with Crippen LogP contribution in [-0.2, 0) is 4.79 Å². The van der Waals surface area contributed by atoms with Gasteiger partial charge in [-0.05, 0) is 31.7 Å². The topological polar surface area (TPSA) is 154 Å². The minimum Gasteiger partial charge on any atom is -0.396 e. The Morgan fingerprint density at radius 3 is 2.60 bits per heavy atom. The number of aryl methyl sites for hydroxylation is 1. The zero-order chi connectivity index (χ0) is 21.7. The molecule has 1 fully saturated rings. The number of benzene rings is 1. The Labute approximate surface area is 175 Å². The summed E-state index contributed by atoms with van der Waals surface area (Å²) in [6.45, 7) is 2.87. The summed E-state index contributed by atoms with van der Waals surface area (Å²) >= 11 is 0. The first-order valence-electron chi connectivity index (χ1n) is 9.91. The summed E-state index contributed by atoms with van der Waals surface area (Å²) in [5.41, 5.74) is 13.5. The van der Waals surface area contributed by atoms with Crippen LogP contribution in [0.1, 0.15) is 42.0 Å². The lowest BCUT2D eigenvalue weighted by Crippen LogP contribution is -2.60. The molecule has 1 aromatic carbocycles. The number of anilines is 2. The number of nitrogens with zero attached hydrogens (tertiary/aromatic N) is 4. The van der Waals surface area contributed by atoms with E-state index in [-0.39, 0.29) is 29.9 Å². The average molecular weight is 409 g/mol. The van der Waals surface area contributed by atoms with Crippen molar-refractivity contribution in [1.82, 2.24) is 15.3 Å². The third kappa shape index (κ3) is 4.50. The van der Waals surface area contributed by atoms with Gasteiger partial charge in [-0.2, -0.15) is 5.26 Å². The van der Waals surface area contributed by atoms with Gasteiger partial charge < -0.3 is 26.8 Å². The van der Waals surface area contributed by atoms with Gasteiger partial charge in [-0.25, -0.2) is 9.97 Å². The number of amides is 1. The van der Waals surface area contributed by atoms with E-state index in [0.717, 1.165) is 11.1 Å². The van der Waals surface area contributed by atoms with Crippen LogP contribution < -0.4 is 21.7 Å². The van der Waals surface area contributed by atoms with E-state index in [0.29, 0.717) is 38.2 Å². The molecule has 1 saturated heterocycles. The lowest BCUT2D eigenvalue weighted by atomic mass is 9.86. The molecule has 1 amide bonds. The minimum absolute atomic E-state index is 0.0454. The Hall–Kier alpha value is -3.22. The molecule has 158 valence electrons. The fourth-order valence-electron chi connectivity index (χ4n) is 3.63. The summed E-state index contributed by atoms with van der Waals surface area (Å²) in [6, 6.07) is 9.58. The molecule has 0 aliphatic carbocycles. The SMILES string of the molecule is Cc1ccc(C(CCO)NC(=O)C2(N)CCN(c3ncnc(N)c3C#N)CC2)cc1. The number of aliphatic hydroxyl groups excluding tert-OH is 1. The standard InChI is InChI=1S/C21H27N7O2/c1-14-2-4-15(5-3-14)17(6-11-29)27-20(30)21(24)7-9-28(10-8-21)19-16(12-22)18(23)25-13-26-19/h2-5,13,17,29H,6-11,24H2,1H3,(H,27,30)(H2,23,25,26). The van der Waals surface area contributed by atoms with E-state index in [4.69, 9.17) is 11.5 Å². The number of carbonyl (C=O) groups excluding carboxylic acids is 1. The first-order chi connectivity index (χ1) is 14.4. The number of nitrogens with two attached hydrogens (primary N) is 2. The first-order valence-corrected chi connectivity index (χ1v) is 9.91. The summed E-state index contributed by atoms with van der Waals surface area (Å²) in [7, 11) is 0. The van der Waals surface area contributed by atoms with Crippen molar-refractivity contribution in [2.75, 3.05) is 30.3 Å².